The van der Waals surface area contributed by atoms with Crippen molar-refractivity contribution in [2.24, 2.45) is 27.2 Å². The fourth-order valence-corrected chi connectivity index (χ4v) is 4.61. The highest BCUT2D eigenvalue weighted by Crippen LogP contribution is 2.28. The van der Waals surface area contributed by atoms with Crippen molar-refractivity contribution in [2.75, 3.05) is 13.1 Å². The summed E-state index contributed by atoms with van der Waals surface area (Å²) in [4.78, 5) is 62.6. The number of urea groups is 1. The van der Waals surface area contributed by atoms with Crippen LogP contribution in [0, 0.1) is 21.3 Å². The first-order valence-electron chi connectivity index (χ1n) is 11.3. The Morgan fingerprint density at radius 2 is 2.00 bits per heavy atom. The van der Waals surface area contributed by atoms with Crippen LogP contribution in [-0.4, -0.2) is 51.9 Å². The minimum atomic E-state index is -0.962. The van der Waals surface area contributed by atoms with Gasteiger partial charge in [0.05, 0.1) is 24.1 Å². The third kappa shape index (κ3) is 6.40. The molecule has 1 heterocycles. The van der Waals surface area contributed by atoms with Crippen molar-refractivity contribution in [1.82, 2.24) is 9.91 Å². The van der Waals surface area contributed by atoms with Crippen molar-refractivity contribution in [1.29, 1.82) is 0 Å². The summed E-state index contributed by atoms with van der Waals surface area (Å²) in [6.07, 6.45) is 0.450. The van der Waals surface area contributed by atoms with E-state index in [1.165, 1.54) is 18.2 Å². The number of hydrogen-bond donors (Lipinski definition) is 2. The number of nitrogens with zero attached hydrogens (tertiary/aromatic N) is 5. The van der Waals surface area contributed by atoms with Gasteiger partial charge in [-0.3, -0.25) is 24.3 Å². The van der Waals surface area contributed by atoms with Crippen LogP contribution in [0.15, 0.2) is 51.8 Å². The molecule has 0 spiro atoms. The first-order valence-corrected chi connectivity index (χ1v) is 12.4. The quantitative estimate of drug-likeness (QED) is 0.163. The predicted octanol–water partition coefficient (Wildman–Crippen LogP) is 3.64. The van der Waals surface area contributed by atoms with Crippen molar-refractivity contribution < 1.29 is 24.3 Å². The number of phenolic OH excluding ortho intramolecular Hbond substituents is 1. The monoisotopic (exact) mass is 620 g/mol. The van der Waals surface area contributed by atoms with Crippen molar-refractivity contribution in [2.45, 2.75) is 32.7 Å². The van der Waals surface area contributed by atoms with Gasteiger partial charge >= 0.3 is 11.9 Å². The van der Waals surface area contributed by atoms with Crippen LogP contribution >= 0.6 is 22.6 Å². The second-order valence-electron chi connectivity index (χ2n) is 8.50. The van der Waals surface area contributed by atoms with Crippen LogP contribution in [-0.2, 0) is 16.0 Å². The molecule has 194 valence electrons. The molecule has 1 aliphatic rings. The fraction of sp³-hybridized carbons (Fsp3) is 0.333. The number of hydrazine groups is 1. The average molecular weight is 620 g/mol. The molecule has 0 bridgehead atoms. The van der Waals surface area contributed by atoms with Gasteiger partial charge in [-0.25, -0.2) is 10.6 Å². The number of benzene rings is 2. The standard InChI is InChI=1S/C24H25IN6O6/c1-3-20(14-5-7-19(25)18(10-14)22(34)29-37)31(26)24(36)30-12-21(33)28-27-11-16(23(30)35)8-15-9-17(32)6-4-13(15)2/h4-7,9-10,16,20,32H,3,8,11-12,26H2,1-2H3/t16-,20+/m0/s1. The Hall–Kier alpha value is -3.59. The number of imide groups is 1. The minimum absolute atomic E-state index is 0.0303. The Morgan fingerprint density at radius 3 is 2.68 bits per heavy atom. The Morgan fingerprint density at radius 1 is 1.27 bits per heavy atom. The van der Waals surface area contributed by atoms with E-state index in [-0.39, 0.29) is 24.3 Å². The van der Waals surface area contributed by atoms with E-state index in [2.05, 4.69) is 15.4 Å². The highest BCUT2D eigenvalue weighted by atomic mass is 127. The minimum Gasteiger partial charge on any atom is -0.508 e. The normalized spacial score (nSPS) is 16.6. The Labute approximate surface area is 226 Å². The highest BCUT2D eigenvalue weighted by molar-refractivity contribution is 14.1. The van der Waals surface area contributed by atoms with E-state index >= 15 is 0 Å². The van der Waals surface area contributed by atoms with Crippen LogP contribution < -0.4 is 5.84 Å². The zero-order valence-electron chi connectivity index (χ0n) is 20.1. The van der Waals surface area contributed by atoms with Gasteiger partial charge in [0, 0.05) is 8.75 Å². The smallest absolute Gasteiger partial charge is 0.341 e. The fourth-order valence-electron chi connectivity index (χ4n) is 4.05. The maximum atomic E-state index is 13.5. The van der Waals surface area contributed by atoms with E-state index in [4.69, 9.17) is 5.84 Å². The summed E-state index contributed by atoms with van der Waals surface area (Å²) in [5.74, 6) is 2.98. The van der Waals surface area contributed by atoms with Gasteiger partial charge in [0.1, 0.15) is 12.3 Å². The molecule has 5 amide bonds. The lowest BCUT2D eigenvalue weighted by Gasteiger charge is -2.33. The molecule has 37 heavy (non-hydrogen) atoms. The zero-order chi connectivity index (χ0) is 27.3. The van der Waals surface area contributed by atoms with E-state index in [1.807, 2.05) is 29.5 Å². The van der Waals surface area contributed by atoms with E-state index in [0.717, 1.165) is 15.5 Å². The van der Waals surface area contributed by atoms with Gasteiger partial charge in [-0.1, -0.05) is 19.1 Å². The van der Waals surface area contributed by atoms with Gasteiger partial charge in [0.25, 0.3) is 5.91 Å². The number of azo groups is 1. The number of nitrogens with two attached hydrogens (primary N) is 1. The molecule has 0 radical (unpaired) electrons. The third-order valence-electron chi connectivity index (χ3n) is 6.05. The lowest BCUT2D eigenvalue weighted by Crippen LogP contribution is -2.54. The summed E-state index contributed by atoms with van der Waals surface area (Å²) in [5, 5.41) is 20.5. The first-order chi connectivity index (χ1) is 17.6. The SMILES string of the molecule is CC[C@H](c1ccc(I)c(C(=O)N=O)c1)N(N)C(=O)N1CC(=O)N=NC[C@H](Cc2cc(O)ccc2C)C1=O. The van der Waals surface area contributed by atoms with Crippen LogP contribution in [0.1, 0.15) is 46.4 Å². The molecule has 0 unspecified atom stereocenters. The molecular weight excluding hydrogens is 595 g/mol. The number of aryl methyl sites for hydroxylation is 1. The number of carbonyl (C=O) groups is 4. The van der Waals surface area contributed by atoms with Crippen LogP contribution in [0.3, 0.4) is 0 Å². The largest absolute Gasteiger partial charge is 0.508 e. The van der Waals surface area contributed by atoms with E-state index in [9.17, 15) is 29.2 Å². The van der Waals surface area contributed by atoms with E-state index < -0.39 is 42.3 Å². The van der Waals surface area contributed by atoms with Gasteiger partial charge in [-0.15, -0.1) is 10.0 Å². The van der Waals surface area contributed by atoms with Gasteiger partial charge in [-0.2, -0.15) is 5.11 Å². The van der Waals surface area contributed by atoms with Crippen molar-refractivity contribution >= 4 is 46.3 Å². The summed E-state index contributed by atoms with van der Waals surface area (Å²) >= 11 is 1.89. The lowest BCUT2D eigenvalue weighted by molar-refractivity contribution is -0.136. The highest BCUT2D eigenvalue weighted by Gasteiger charge is 2.36. The van der Waals surface area contributed by atoms with E-state index in [1.54, 1.807) is 25.1 Å². The molecule has 0 fully saturated rings. The molecule has 2 atom stereocenters. The summed E-state index contributed by atoms with van der Waals surface area (Å²) in [6.45, 7) is 2.79. The van der Waals surface area contributed by atoms with Gasteiger partial charge in [-0.05, 0) is 83.3 Å². The van der Waals surface area contributed by atoms with Crippen LogP contribution in [0.4, 0.5) is 4.79 Å². The van der Waals surface area contributed by atoms with E-state index in [0.29, 0.717) is 21.1 Å². The molecular formula is C24H25IN6O6. The molecule has 2 aromatic rings. The van der Waals surface area contributed by atoms with Crippen LogP contribution in [0.5, 0.6) is 5.75 Å². The Bertz CT molecular complexity index is 1280. The number of phenols is 1. The first kappa shape index (κ1) is 28.0. The summed E-state index contributed by atoms with van der Waals surface area (Å²) < 4.78 is 0.496. The zero-order valence-corrected chi connectivity index (χ0v) is 22.3. The molecule has 12 nitrogen and oxygen atoms in total. The van der Waals surface area contributed by atoms with Crippen LogP contribution in [0.25, 0.3) is 0 Å². The second-order valence-corrected chi connectivity index (χ2v) is 9.67. The topological polar surface area (TPSA) is 175 Å². The molecule has 0 aromatic heterocycles. The van der Waals surface area contributed by atoms with Crippen molar-refractivity contribution in [3.05, 3.63) is 67.1 Å². The number of aromatic hydroxyl groups is 1. The number of hydrogen-bond acceptors (Lipinski definition) is 8. The number of amides is 5. The number of halogens is 1. The molecule has 0 saturated heterocycles. The molecule has 0 aliphatic carbocycles. The molecule has 1 aliphatic heterocycles. The molecule has 13 heteroatoms. The van der Waals surface area contributed by atoms with Crippen LogP contribution in [0.2, 0.25) is 0 Å². The number of rotatable bonds is 6. The molecule has 2 aromatic carbocycles. The van der Waals surface area contributed by atoms with Gasteiger partial charge in [0.2, 0.25) is 5.91 Å². The third-order valence-corrected chi connectivity index (χ3v) is 7.00. The summed E-state index contributed by atoms with van der Waals surface area (Å²) in [7, 11) is 0. The van der Waals surface area contributed by atoms with Gasteiger partial charge < -0.3 is 5.11 Å². The average Bonchev–Trinajstić information content (AvgIpc) is 2.87. The molecule has 3 rings (SSSR count). The second kappa shape index (κ2) is 12.1. The van der Waals surface area contributed by atoms with Gasteiger partial charge in [0.15, 0.2) is 0 Å². The maximum absolute atomic E-state index is 13.5. The van der Waals surface area contributed by atoms with Crippen molar-refractivity contribution in [3.8, 4) is 5.75 Å². The molecule has 0 saturated carbocycles. The number of carbonyl (C=O) groups excluding carboxylic acids is 4. The summed E-state index contributed by atoms with van der Waals surface area (Å²) in [5.41, 5.74) is 2.03. The predicted molar refractivity (Wildman–Crippen MR) is 140 cm³/mol. The van der Waals surface area contributed by atoms with Crippen molar-refractivity contribution in [3.63, 3.8) is 0 Å². The molecule has 3 N–H and O–H groups in total. The summed E-state index contributed by atoms with van der Waals surface area (Å²) in [6, 6.07) is 7.71. The maximum Gasteiger partial charge on any atom is 0.341 e. The lowest BCUT2D eigenvalue weighted by atomic mass is 9.94. The number of nitroso groups, excluding NO2 is 1. The Balaban J connectivity index is 1.92. The Kier molecular flexibility index (Phi) is 9.15.